The number of piperidine rings is 1. The molecule has 2 fully saturated rings. The van der Waals surface area contributed by atoms with Crippen molar-refractivity contribution in [3.63, 3.8) is 0 Å². The Balaban J connectivity index is 1.41. The normalized spacial score (nSPS) is 28.3. The Morgan fingerprint density at radius 1 is 1.20 bits per heavy atom. The van der Waals surface area contributed by atoms with Crippen LogP contribution in [0.4, 0.5) is 13.2 Å². The van der Waals surface area contributed by atoms with E-state index in [0.717, 1.165) is 36.4 Å². The van der Waals surface area contributed by atoms with Crippen LogP contribution in [-0.4, -0.2) is 65.1 Å². The van der Waals surface area contributed by atoms with Gasteiger partial charge in [0.15, 0.2) is 0 Å². The number of carbonyl (C=O) groups is 2. The lowest BCUT2D eigenvalue weighted by atomic mass is 9.48. The van der Waals surface area contributed by atoms with E-state index in [1.807, 2.05) is 32.1 Å². The van der Waals surface area contributed by atoms with Gasteiger partial charge in [0.25, 0.3) is 5.91 Å². The second-order valence-corrected chi connectivity index (χ2v) is 12.8. The number of halogens is 3. The van der Waals surface area contributed by atoms with Crippen molar-refractivity contribution in [2.24, 2.45) is 5.92 Å². The summed E-state index contributed by atoms with van der Waals surface area (Å²) >= 11 is 0. The number of nitrogens with zero attached hydrogens (tertiary/aromatic N) is 2. The number of hydrogen-bond acceptors (Lipinski definition) is 5. The topological polar surface area (TPSA) is 59.1 Å². The van der Waals surface area contributed by atoms with Gasteiger partial charge >= 0.3 is 12.1 Å². The summed E-state index contributed by atoms with van der Waals surface area (Å²) in [4.78, 5) is 30.8. The molecule has 2 aromatic rings. The predicted octanol–water partition coefficient (Wildman–Crippen LogP) is 5.52. The number of hydrogen-bond donors (Lipinski definition) is 0. The Morgan fingerprint density at radius 3 is 2.61 bits per heavy atom. The Hall–Kier alpha value is -3.77. The number of benzene rings is 2. The molecule has 2 aliphatic heterocycles. The molecule has 1 amide bonds. The molecule has 5 atom stereocenters. The average molecular weight is 607 g/mol. The summed E-state index contributed by atoms with van der Waals surface area (Å²) in [5.41, 5.74) is 0.347. The van der Waals surface area contributed by atoms with Crippen molar-refractivity contribution in [1.82, 2.24) is 9.80 Å². The summed E-state index contributed by atoms with van der Waals surface area (Å²) < 4.78 is 52.4. The quantitative estimate of drug-likeness (QED) is 0.246. The number of ether oxygens (including phenoxy) is 2. The van der Waals surface area contributed by atoms with Crippen LogP contribution in [0.2, 0.25) is 0 Å². The molecule has 6 rings (SSSR count). The number of carbonyl (C=O) groups excluding carboxylic acids is 2. The third-order valence-electron chi connectivity index (χ3n) is 9.84. The minimum Gasteiger partial charge on any atom is -0.487 e. The van der Waals surface area contributed by atoms with Crippen LogP contribution in [0.25, 0.3) is 0 Å². The maximum absolute atomic E-state index is 13.9. The monoisotopic (exact) mass is 606 g/mol. The average Bonchev–Trinajstić information content (AvgIpc) is 3.30. The first-order valence-electron chi connectivity index (χ1n) is 15.2. The summed E-state index contributed by atoms with van der Waals surface area (Å²) in [7, 11) is 0. The summed E-state index contributed by atoms with van der Waals surface area (Å²) in [6, 6.07) is 10.2. The van der Waals surface area contributed by atoms with E-state index in [1.165, 1.54) is 24.6 Å². The predicted molar refractivity (Wildman–Crippen MR) is 159 cm³/mol. The zero-order valence-electron chi connectivity index (χ0n) is 25.2. The van der Waals surface area contributed by atoms with Crippen LogP contribution in [-0.2, 0) is 32.3 Å². The molecule has 1 saturated carbocycles. The van der Waals surface area contributed by atoms with Gasteiger partial charge in [0.2, 0.25) is 0 Å². The highest BCUT2D eigenvalue weighted by molar-refractivity contribution is 5.94. The summed E-state index contributed by atoms with van der Waals surface area (Å²) in [6.45, 7) is 11.4. The van der Waals surface area contributed by atoms with Gasteiger partial charge in [-0.15, -0.1) is 6.58 Å². The standard InChI is InChI=1S/C35H37F3N2O4/c1-5-18-39-19-17-33-31-25-7-6-8-28(31)43-32(33)27(15-16-34(33,29(39)20-25)44-23(4)41)40(21-22(2)3)30(42)14-11-24-9-12-26(13-10-24)35(36,37)38/h5-10,12-13,22,27,29,32H,1,15-21H2,2-4H3/t27-,29+,32-,33-,34+/m0/s1. The van der Waals surface area contributed by atoms with E-state index < -0.39 is 34.8 Å². The molecule has 1 saturated heterocycles. The van der Waals surface area contributed by atoms with Crippen molar-refractivity contribution < 1.29 is 32.2 Å². The second kappa shape index (κ2) is 11.0. The van der Waals surface area contributed by atoms with Crippen molar-refractivity contribution in [3.8, 4) is 17.6 Å². The summed E-state index contributed by atoms with van der Waals surface area (Å²) in [5.74, 6) is 5.65. The molecule has 6 nitrogen and oxygen atoms in total. The van der Waals surface area contributed by atoms with E-state index in [-0.39, 0.29) is 24.0 Å². The third-order valence-corrected chi connectivity index (χ3v) is 9.84. The minimum atomic E-state index is -4.45. The molecule has 2 aromatic carbocycles. The van der Waals surface area contributed by atoms with Gasteiger partial charge in [-0.1, -0.05) is 38.0 Å². The van der Waals surface area contributed by atoms with Crippen LogP contribution in [0, 0.1) is 17.8 Å². The van der Waals surface area contributed by atoms with Gasteiger partial charge in [-0.2, -0.15) is 13.2 Å². The molecule has 0 N–H and O–H groups in total. The minimum absolute atomic E-state index is 0.0697. The van der Waals surface area contributed by atoms with Gasteiger partial charge < -0.3 is 14.4 Å². The van der Waals surface area contributed by atoms with E-state index in [4.69, 9.17) is 9.47 Å². The van der Waals surface area contributed by atoms with Gasteiger partial charge in [-0.05, 0) is 67.5 Å². The maximum Gasteiger partial charge on any atom is 0.416 e. The van der Waals surface area contributed by atoms with Crippen molar-refractivity contribution in [2.45, 2.75) is 81.8 Å². The van der Waals surface area contributed by atoms with E-state index in [2.05, 4.69) is 29.4 Å². The van der Waals surface area contributed by atoms with Gasteiger partial charge in [0.05, 0.1) is 23.1 Å². The zero-order valence-corrected chi connectivity index (χ0v) is 25.2. The number of alkyl halides is 3. The number of likely N-dealkylation sites (tertiary alicyclic amines) is 1. The Morgan fingerprint density at radius 2 is 1.95 bits per heavy atom. The van der Waals surface area contributed by atoms with Crippen LogP contribution >= 0.6 is 0 Å². The fourth-order valence-corrected chi connectivity index (χ4v) is 8.42. The third kappa shape index (κ3) is 4.70. The molecule has 2 heterocycles. The molecular formula is C35H37F3N2O4. The van der Waals surface area contributed by atoms with Crippen molar-refractivity contribution >= 4 is 11.9 Å². The molecule has 44 heavy (non-hydrogen) atoms. The van der Waals surface area contributed by atoms with Gasteiger partial charge in [-0.25, -0.2) is 0 Å². The highest BCUT2D eigenvalue weighted by Crippen LogP contribution is 2.65. The maximum atomic E-state index is 13.9. The largest absolute Gasteiger partial charge is 0.487 e. The van der Waals surface area contributed by atoms with E-state index >= 15 is 0 Å². The Labute approximate surface area is 256 Å². The lowest BCUT2D eigenvalue weighted by Crippen LogP contribution is -2.79. The molecule has 4 aliphatic rings. The first kappa shape index (κ1) is 30.3. The number of amides is 1. The number of rotatable bonds is 6. The smallest absolute Gasteiger partial charge is 0.416 e. The Kier molecular flexibility index (Phi) is 7.56. The molecule has 9 heteroatoms. The van der Waals surface area contributed by atoms with Crippen molar-refractivity contribution in [3.05, 3.63) is 77.4 Å². The van der Waals surface area contributed by atoms with Gasteiger partial charge in [0.1, 0.15) is 17.5 Å². The Bertz CT molecular complexity index is 1540. The van der Waals surface area contributed by atoms with Crippen LogP contribution in [0.1, 0.15) is 62.3 Å². The first-order valence-corrected chi connectivity index (χ1v) is 15.2. The van der Waals surface area contributed by atoms with Crippen molar-refractivity contribution in [1.29, 1.82) is 0 Å². The van der Waals surface area contributed by atoms with Crippen LogP contribution < -0.4 is 4.74 Å². The van der Waals surface area contributed by atoms with Gasteiger partial charge in [-0.3, -0.25) is 14.5 Å². The van der Waals surface area contributed by atoms with Crippen LogP contribution in [0.3, 0.4) is 0 Å². The first-order chi connectivity index (χ1) is 20.9. The second-order valence-electron chi connectivity index (χ2n) is 12.8. The fourth-order valence-electron chi connectivity index (χ4n) is 8.42. The lowest BCUT2D eigenvalue weighted by molar-refractivity contribution is -0.223. The molecule has 0 unspecified atom stereocenters. The van der Waals surface area contributed by atoms with Crippen molar-refractivity contribution in [2.75, 3.05) is 19.6 Å². The SMILES string of the molecule is C=CCN1CC[C@]23c4c5cccc4O[C@H]2[C@@H](N(CC(C)C)C(=O)C#Cc2ccc(C(F)(F)F)cc2)CC[C@@]3(OC(C)=O)[C@H]1C5. The zero-order chi connectivity index (χ0) is 31.4. The molecular weight excluding hydrogens is 569 g/mol. The lowest BCUT2D eigenvalue weighted by Gasteiger charge is -2.65. The van der Waals surface area contributed by atoms with Crippen LogP contribution in [0.5, 0.6) is 5.75 Å². The molecule has 1 spiro atoms. The summed E-state index contributed by atoms with van der Waals surface area (Å²) in [6.07, 6.45) is -0.513. The van der Waals surface area contributed by atoms with E-state index in [0.29, 0.717) is 37.9 Å². The highest BCUT2D eigenvalue weighted by atomic mass is 19.4. The molecule has 0 aromatic heterocycles. The molecule has 0 radical (unpaired) electrons. The van der Waals surface area contributed by atoms with Crippen LogP contribution in [0.15, 0.2) is 55.1 Å². The number of esters is 1. The summed E-state index contributed by atoms with van der Waals surface area (Å²) in [5, 5.41) is 0. The molecule has 2 bridgehead atoms. The highest BCUT2D eigenvalue weighted by Gasteiger charge is 2.75. The van der Waals surface area contributed by atoms with Gasteiger partial charge in [0, 0.05) is 43.6 Å². The molecule has 2 aliphatic carbocycles. The van der Waals surface area contributed by atoms with E-state index in [9.17, 15) is 22.8 Å². The molecule has 232 valence electrons. The fraction of sp³-hybridized carbons (Fsp3) is 0.486. The van der Waals surface area contributed by atoms with E-state index in [1.54, 1.807) is 4.90 Å².